The second-order valence-corrected chi connectivity index (χ2v) is 9.30. The van der Waals surface area contributed by atoms with Gasteiger partial charge in [-0.15, -0.1) is 0 Å². The van der Waals surface area contributed by atoms with Gasteiger partial charge in [-0.05, 0) is 38.5 Å². The van der Waals surface area contributed by atoms with Crippen LogP contribution in [0.1, 0.15) is 65.2 Å². The molecule has 0 amide bonds. The average Bonchev–Trinajstić information content (AvgIpc) is 2.87. The molecular weight excluding hydrogens is 497 g/mol. The summed E-state index contributed by atoms with van der Waals surface area (Å²) in [5, 5.41) is 0. The molecule has 3 N–H and O–H groups in total. The SMILES string of the molecule is CC/C=C\C/C=C\C/C=C\C/C=C\C/C=C\CC(=O)OC(COC(=O)CCC)COP(=O)(O)OCCN. The van der Waals surface area contributed by atoms with E-state index in [1.807, 2.05) is 25.2 Å². The summed E-state index contributed by atoms with van der Waals surface area (Å²) in [5.41, 5.74) is 5.24. The summed E-state index contributed by atoms with van der Waals surface area (Å²) in [4.78, 5) is 33.4. The van der Waals surface area contributed by atoms with Crippen molar-refractivity contribution in [2.75, 3.05) is 26.4 Å². The molecule has 0 fully saturated rings. The molecule has 0 saturated carbocycles. The van der Waals surface area contributed by atoms with Gasteiger partial charge < -0.3 is 20.1 Å². The Labute approximate surface area is 221 Å². The topological polar surface area (TPSA) is 134 Å². The van der Waals surface area contributed by atoms with Gasteiger partial charge >= 0.3 is 19.8 Å². The van der Waals surface area contributed by atoms with E-state index < -0.39 is 32.5 Å². The highest BCUT2D eigenvalue weighted by Gasteiger charge is 2.25. The molecule has 0 spiro atoms. The lowest BCUT2D eigenvalue weighted by Gasteiger charge is -2.19. The zero-order valence-electron chi connectivity index (χ0n) is 22.2. The van der Waals surface area contributed by atoms with Crippen molar-refractivity contribution in [1.29, 1.82) is 0 Å². The standard InChI is InChI=1S/C27H44NO8P/c1-3-5-6-7-8-9-10-11-12-13-14-15-16-17-18-20-27(30)36-25(23-33-26(29)19-4-2)24-35-37(31,32)34-22-21-28/h5-6,8-9,11-12,14-15,17-18,25H,3-4,7,10,13,16,19-24,28H2,1-2H3,(H,31,32)/b6-5-,9-8-,12-11-,15-14-,18-17-. The van der Waals surface area contributed by atoms with E-state index >= 15 is 0 Å². The van der Waals surface area contributed by atoms with Crippen molar-refractivity contribution in [2.45, 2.75) is 71.3 Å². The van der Waals surface area contributed by atoms with Gasteiger partial charge in [-0.3, -0.25) is 18.6 Å². The van der Waals surface area contributed by atoms with Gasteiger partial charge in [-0.25, -0.2) is 4.57 Å². The Kier molecular flexibility index (Phi) is 22.6. The summed E-state index contributed by atoms with van der Waals surface area (Å²) >= 11 is 0. The van der Waals surface area contributed by atoms with E-state index in [0.29, 0.717) is 12.8 Å². The molecule has 0 aromatic carbocycles. The van der Waals surface area contributed by atoms with Gasteiger partial charge in [0, 0.05) is 13.0 Å². The van der Waals surface area contributed by atoms with Crippen molar-refractivity contribution < 1.29 is 37.6 Å². The highest BCUT2D eigenvalue weighted by Crippen LogP contribution is 2.43. The van der Waals surface area contributed by atoms with Gasteiger partial charge in [-0.1, -0.05) is 74.6 Å². The molecule has 0 radical (unpaired) electrons. The van der Waals surface area contributed by atoms with Crippen molar-refractivity contribution >= 4 is 19.8 Å². The smallest absolute Gasteiger partial charge is 0.462 e. The van der Waals surface area contributed by atoms with Crippen molar-refractivity contribution in [2.24, 2.45) is 5.73 Å². The lowest BCUT2D eigenvalue weighted by Crippen LogP contribution is -2.29. The number of hydrogen-bond acceptors (Lipinski definition) is 8. The molecule has 0 heterocycles. The molecule has 37 heavy (non-hydrogen) atoms. The Morgan fingerprint density at radius 3 is 1.86 bits per heavy atom. The predicted molar refractivity (Wildman–Crippen MR) is 146 cm³/mol. The zero-order chi connectivity index (χ0) is 27.6. The fourth-order valence-electron chi connectivity index (χ4n) is 2.63. The van der Waals surface area contributed by atoms with Crippen LogP contribution in [0.5, 0.6) is 0 Å². The first-order valence-corrected chi connectivity index (χ1v) is 14.3. The van der Waals surface area contributed by atoms with Crippen molar-refractivity contribution in [3.05, 3.63) is 60.8 Å². The lowest BCUT2D eigenvalue weighted by molar-refractivity contribution is -0.160. The van der Waals surface area contributed by atoms with Crippen LogP contribution in [0, 0.1) is 0 Å². The van der Waals surface area contributed by atoms with E-state index in [4.69, 9.17) is 19.7 Å². The number of ether oxygens (including phenoxy) is 2. The molecule has 0 aliphatic rings. The van der Waals surface area contributed by atoms with E-state index in [0.717, 1.165) is 25.7 Å². The first-order chi connectivity index (χ1) is 17.8. The third-order valence-electron chi connectivity index (χ3n) is 4.42. The third-order valence-corrected chi connectivity index (χ3v) is 5.40. The second-order valence-electron chi connectivity index (χ2n) is 7.84. The molecule has 0 aliphatic carbocycles. The van der Waals surface area contributed by atoms with Crippen LogP contribution in [0.15, 0.2) is 60.8 Å². The highest BCUT2D eigenvalue weighted by atomic mass is 31.2. The number of rotatable bonds is 22. The minimum atomic E-state index is -4.36. The van der Waals surface area contributed by atoms with Gasteiger partial charge in [0.05, 0.1) is 19.6 Å². The molecule has 0 aliphatic heterocycles. The van der Waals surface area contributed by atoms with Crippen molar-refractivity contribution in [1.82, 2.24) is 0 Å². The number of allylic oxidation sites excluding steroid dienone is 9. The fourth-order valence-corrected chi connectivity index (χ4v) is 3.39. The minimum Gasteiger partial charge on any atom is -0.462 e. The Bertz CT molecular complexity index is 804. The van der Waals surface area contributed by atoms with Crippen LogP contribution < -0.4 is 5.73 Å². The monoisotopic (exact) mass is 541 g/mol. The maximum absolute atomic E-state index is 12.2. The number of carbonyl (C=O) groups excluding carboxylic acids is 2. The summed E-state index contributed by atoms with van der Waals surface area (Å²) in [5.74, 6) is -1.05. The van der Waals surface area contributed by atoms with Crippen LogP contribution in [0.25, 0.3) is 0 Å². The minimum absolute atomic E-state index is 0.00656. The molecule has 10 heteroatoms. The molecule has 2 unspecified atom stereocenters. The van der Waals surface area contributed by atoms with Gasteiger partial charge in [0.2, 0.25) is 0 Å². The van der Waals surface area contributed by atoms with E-state index in [9.17, 15) is 19.0 Å². The summed E-state index contributed by atoms with van der Waals surface area (Å²) in [6.07, 6.45) is 24.6. The number of carbonyl (C=O) groups is 2. The lowest BCUT2D eigenvalue weighted by atomic mass is 10.2. The first-order valence-electron chi connectivity index (χ1n) is 12.8. The maximum Gasteiger partial charge on any atom is 0.472 e. The van der Waals surface area contributed by atoms with E-state index in [2.05, 4.69) is 47.9 Å². The largest absolute Gasteiger partial charge is 0.472 e. The second kappa shape index (κ2) is 24.1. The molecule has 0 saturated heterocycles. The van der Waals surface area contributed by atoms with E-state index in [1.54, 1.807) is 6.08 Å². The van der Waals surface area contributed by atoms with Gasteiger partial charge in [0.15, 0.2) is 6.10 Å². The van der Waals surface area contributed by atoms with Crippen LogP contribution in [-0.4, -0.2) is 49.3 Å². The molecular formula is C27H44NO8P. The third kappa shape index (κ3) is 23.8. The molecule has 9 nitrogen and oxygen atoms in total. The first kappa shape index (κ1) is 34.7. The fraction of sp³-hybridized carbons (Fsp3) is 0.556. The Balaban J connectivity index is 4.38. The summed E-state index contributed by atoms with van der Waals surface area (Å²) < 4.78 is 31.6. The van der Waals surface area contributed by atoms with Crippen LogP contribution in [0.3, 0.4) is 0 Å². The van der Waals surface area contributed by atoms with Crippen molar-refractivity contribution in [3.63, 3.8) is 0 Å². The van der Waals surface area contributed by atoms with Gasteiger partial charge in [-0.2, -0.15) is 0 Å². The Hall–Kier alpha value is -2.29. The summed E-state index contributed by atoms with van der Waals surface area (Å²) in [7, 11) is -4.36. The summed E-state index contributed by atoms with van der Waals surface area (Å²) in [6, 6.07) is 0. The number of nitrogens with two attached hydrogens (primary N) is 1. The molecule has 2 atom stereocenters. The number of phosphoric ester groups is 1. The Morgan fingerprint density at radius 1 is 0.811 bits per heavy atom. The Morgan fingerprint density at radius 2 is 1.35 bits per heavy atom. The van der Waals surface area contributed by atoms with Crippen LogP contribution in [-0.2, 0) is 32.7 Å². The van der Waals surface area contributed by atoms with Gasteiger partial charge in [0.1, 0.15) is 6.61 Å². The zero-order valence-corrected chi connectivity index (χ0v) is 23.1. The number of hydrogen-bond donors (Lipinski definition) is 2. The van der Waals surface area contributed by atoms with E-state index in [-0.39, 0.29) is 32.6 Å². The molecule has 0 bridgehead atoms. The molecule has 0 aromatic rings. The molecule has 0 aromatic heterocycles. The van der Waals surface area contributed by atoms with Crippen LogP contribution in [0.4, 0.5) is 0 Å². The number of phosphoric acid groups is 1. The maximum atomic E-state index is 12.2. The van der Waals surface area contributed by atoms with Crippen LogP contribution >= 0.6 is 7.82 Å². The molecule has 0 rings (SSSR count). The normalized spacial score (nSPS) is 14.8. The molecule has 210 valence electrons. The van der Waals surface area contributed by atoms with Gasteiger partial charge in [0.25, 0.3) is 0 Å². The quantitative estimate of drug-likeness (QED) is 0.104. The number of esters is 2. The summed E-state index contributed by atoms with van der Waals surface area (Å²) in [6.45, 7) is 3.03. The highest BCUT2D eigenvalue weighted by molar-refractivity contribution is 7.47. The van der Waals surface area contributed by atoms with E-state index in [1.165, 1.54) is 0 Å². The van der Waals surface area contributed by atoms with Crippen LogP contribution in [0.2, 0.25) is 0 Å². The predicted octanol–water partition coefficient (Wildman–Crippen LogP) is 5.48. The van der Waals surface area contributed by atoms with Crippen molar-refractivity contribution in [3.8, 4) is 0 Å². The average molecular weight is 542 g/mol.